The molecule has 1 saturated heterocycles. The van der Waals surface area contributed by atoms with Crippen molar-refractivity contribution >= 4 is 17.9 Å². The van der Waals surface area contributed by atoms with E-state index in [1.165, 1.54) is 13.2 Å². The first-order valence-electron chi connectivity index (χ1n) is 10.1. The molecule has 0 bridgehead atoms. The lowest BCUT2D eigenvalue weighted by atomic mass is 9.95. The molecule has 0 aromatic heterocycles. The molecule has 3 rings (SSSR count). The summed E-state index contributed by atoms with van der Waals surface area (Å²) in [5, 5.41) is 0. The lowest BCUT2D eigenvalue weighted by molar-refractivity contribution is -0.138. The standard InChI is InChI=1S/C24H27FN2O3/c1-26(17-19-8-10-22(30-2)21(25)16-19)24(29)20-12-14-27(15-13-20)23(28)11-9-18-6-4-3-5-7-18/h3-11,16,20H,12-15,17H2,1-2H3/b11-9+. The highest BCUT2D eigenvalue weighted by Gasteiger charge is 2.28. The van der Waals surface area contributed by atoms with Crippen LogP contribution in [0.2, 0.25) is 0 Å². The van der Waals surface area contributed by atoms with Gasteiger partial charge in [-0.1, -0.05) is 36.4 Å². The lowest BCUT2D eigenvalue weighted by Gasteiger charge is -2.32. The number of rotatable bonds is 6. The van der Waals surface area contributed by atoms with Crippen molar-refractivity contribution in [2.45, 2.75) is 19.4 Å². The zero-order valence-corrected chi connectivity index (χ0v) is 17.4. The van der Waals surface area contributed by atoms with Crippen molar-refractivity contribution in [3.63, 3.8) is 0 Å². The van der Waals surface area contributed by atoms with Crippen LogP contribution in [0, 0.1) is 11.7 Å². The topological polar surface area (TPSA) is 49.9 Å². The Morgan fingerprint density at radius 3 is 2.50 bits per heavy atom. The van der Waals surface area contributed by atoms with Crippen LogP contribution in [-0.4, -0.2) is 48.9 Å². The van der Waals surface area contributed by atoms with Crippen molar-refractivity contribution < 1.29 is 18.7 Å². The summed E-state index contributed by atoms with van der Waals surface area (Å²) >= 11 is 0. The quantitative estimate of drug-likeness (QED) is 0.682. The van der Waals surface area contributed by atoms with Crippen molar-refractivity contribution in [1.82, 2.24) is 9.80 Å². The maximum absolute atomic E-state index is 13.9. The Balaban J connectivity index is 1.50. The first-order valence-corrected chi connectivity index (χ1v) is 10.1. The summed E-state index contributed by atoms with van der Waals surface area (Å²) in [4.78, 5) is 28.6. The number of carbonyl (C=O) groups is 2. The SMILES string of the molecule is COc1ccc(CN(C)C(=O)C2CCN(C(=O)/C=C/c3ccccc3)CC2)cc1F. The van der Waals surface area contributed by atoms with E-state index < -0.39 is 5.82 Å². The van der Waals surface area contributed by atoms with E-state index in [2.05, 4.69) is 0 Å². The van der Waals surface area contributed by atoms with Crippen LogP contribution in [0.25, 0.3) is 6.08 Å². The zero-order chi connectivity index (χ0) is 21.5. The number of carbonyl (C=O) groups excluding carboxylic acids is 2. The molecule has 0 unspecified atom stereocenters. The minimum absolute atomic E-state index is 0.0261. The number of benzene rings is 2. The Labute approximate surface area is 176 Å². The molecule has 0 saturated carbocycles. The number of ether oxygens (including phenoxy) is 1. The molecule has 5 nitrogen and oxygen atoms in total. The number of amides is 2. The Hall–Kier alpha value is -3.15. The van der Waals surface area contributed by atoms with Crippen molar-refractivity contribution in [1.29, 1.82) is 0 Å². The minimum atomic E-state index is -0.439. The molecule has 2 amide bonds. The molecular formula is C24H27FN2O3. The van der Waals surface area contributed by atoms with Crippen LogP contribution in [0.3, 0.4) is 0 Å². The number of halogens is 1. The molecule has 0 radical (unpaired) electrons. The fourth-order valence-electron chi connectivity index (χ4n) is 3.66. The molecule has 0 aliphatic carbocycles. The molecule has 1 aliphatic heterocycles. The van der Waals surface area contributed by atoms with Crippen LogP contribution >= 0.6 is 0 Å². The summed E-state index contributed by atoms with van der Waals surface area (Å²) in [5.41, 5.74) is 1.69. The van der Waals surface area contributed by atoms with E-state index in [4.69, 9.17) is 4.74 Å². The van der Waals surface area contributed by atoms with Gasteiger partial charge in [0.05, 0.1) is 7.11 Å². The molecule has 30 heavy (non-hydrogen) atoms. The van der Waals surface area contributed by atoms with E-state index in [1.54, 1.807) is 41.1 Å². The van der Waals surface area contributed by atoms with Gasteiger partial charge in [0.2, 0.25) is 11.8 Å². The van der Waals surface area contributed by atoms with E-state index in [9.17, 15) is 14.0 Å². The molecule has 0 N–H and O–H groups in total. The van der Waals surface area contributed by atoms with E-state index in [0.29, 0.717) is 38.0 Å². The Morgan fingerprint density at radius 2 is 1.87 bits per heavy atom. The van der Waals surface area contributed by atoms with Gasteiger partial charge in [-0.05, 0) is 42.2 Å². The summed E-state index contributed by atoms with van der Waals surface area (Å²) in [6, 6.07) is 14.4. The van der Waals surface area contributed by atoms with Gasteiger partial charge in [0.25, 0.3) is 0 Å². The monoisotopic (exact) mass is 410 g/mol. The van der Waals surface area contributed by atoms with E-state index >= 15 is 0 Å². The zero-order valence-electron chi connectivity index (χ0n) is 17.4. The van der Waals surface area contributed by atoms with Gasteiger partial charge in [-0.3, -0.25) is 9.59 Å². The predicted molar refractivity (Wildman–Crippen MR) is 114 cm³/mol. The Bertz CT molecular complexity index is 906. The summed E-state index contributed by atoms with van der Waals surface area (Å²) in [7, 11) is 3.15. The van der Waals surface area contributed by atoms with Crippen LogP contribution in [0.4, 0.5) is 4.39 Å². The third-order valence-electron chi connectivity index (χ3n) is 5.39. The molecule has 2 aromatic carbocycles. The second-order valence-electron chi connectivity index (χ2n) is 7.51. The summed E-state index contributed by atoms with van der Waals surface area (Å²) in [5.74, 6) is -0.387. The van der Waals surface area contributed by atoms with Crippen LogP contribution in [0.1, 0.15) is 24.0 Å². The number of hydrogen-bond donors (Lipinski definition) is 0. The van der Waals surface area contributed by atoms with Gasteiger partial charge in [0.15, 0.2) is 11.6 Å². The largest absolute Gasteiger partial charge is 0.494 e. The van der Waals surface area contributed by atoms with Crippen molar-refractivity contribution in [3.05, 3.63) is 71.6 Å². The summed E-state index contributed by atoms with van der Waals surface area (Å²) < 4.78 is 18.8. The van der Waals surface area contributed by atoms with E-state index in [1.807, 2.05) is 30.3 Å². The summed E-state index contributed by atoms with van der Waals surface area (Å²) in [6.45, 7) is 1.44. The van der Waals surface area contributed by atoms with E-state index in [-0.39, 0.29) is 23.5 Å². The third-order valence-corrected chi connectivity index (χ3v) is 5.39. The highest BCUT2D eigenvalue weighted by molar-refractivity contribution is 5.92. The second-order valence-corrected chi connectivity index (χ2v) is 7.51. The van der Waals surface area contributed by atoms with Gasteiger partial charge in [-0.25, -0.2) is 4.39 Å². The summed E-state index contributed by atoms with van der Waals surface area (Å²) in [6.07, 6.45) is 4.65. The van der Waals surface area contributed by atoms with Gasteiger partial charge in [-0.15, -0.1) is 0 Å². The molecule has 1 heterocycles. The van der Waals surface area contributed by atoms with Gasteiger partial charge < -0.3 is 14.5 Å². The molecule has 6 heteroatoms. The fraction of sp³-hybridized carbons (Fsp3) is 0.333. The average Bonchev–Trinajstić information content (AvgIpc) is 2.78. The van der Waals surface area contributed by atoms with Gasteiger partial charge in [0.1, 0.15) is 0 Å². The first kappa shape index (κ1) is 21.6. The minimum Gasteiger partial charge on any atom is -0.494 e. The highest BCUT2D eigenvalue weighted by atomic mass is 19.1. The molecular weight excluding hydrogens is 383 g/mol. The molecule has 1 aliphatic rings. The van der Waals surface area contributed by atoms with Crippen molar-refractivity contribution in [2.24, 2.45) is 5.92 Å². The smallest absolute Gasteiger partial charge is 0.246 e. The average molecular weight is 410 g/mol. The van der Waals surface area contributed by atoms with Crippen LogP contribution in [-0.2, 0) is 16.1 Å². The maximum atomic E-state index is 13.9. The van der Waals surface area contributed by atoms with Gasteiger partial charge in [0, 0.05) is 38.7 Å². The van der Waals surface area contributed by atoms with Crippen molar-refractivity contribution in [3.8, 4) is 5.75 Å². The van der Waals surface area contributed by atoms with Crippen molar-refractivity contribution in [2.75, 3.05) is 27.2 Å². The normalized spacial score (nSPS) is 14.7. The second kappa shape index (κ2) is 10.1. The van der Waals surface area contributed by atoms with Gasteiger partial charge >= 0.3 is 0 Å². The van der Waals surface area contributed by atoms with Crippen LogP contribution in [0.15, 0.2) is 54.6 Å². The number of likely N-dealkylation sites (tertiary alicyclic amines) is 1. The molecule has 1 fully saturated rings. The van der Waals surface area contributed by atoms with E-state index in [0.717, 1.165) is 5.56 Å². The molecule has 158 valence electrons. The first-order chi connectivity index (χ1) is 14.5. The number of methoxy groups -OCH3 is 1. The maximum Gasteiger partial charge on any atom is 0.246 e. The fourth-order valence-corrected chi connectivity index (χ4v) is 3.66. The Kier molecular flexibility index (Phi) is 7.22. The number of piperidine rings is 1. The van der Waals surface area contributed by atoms with Crippen LogP contribution < -0.4 is 4.74 Å². The molecule has 0 atom stereocenters. The molecule has 2 aromatic rings. The number of nitrogens with zero attached hydrogens (tertiary/aromatic N) is 2. The Morgan fingerprint density at radius 1 is 1.17 bits per heavy atom. The molecule has 0 spiro atoms. The predicted octanol–water partition coefficient (Wildman–Crippen LogP) is 3.74. The van der Waals surface area contributed by atoms with Gasteiger partial charge in [-0.2, -0.15) is 0 Å². The number of hydrogen-bond acceptors (Lipinski definition) is 3. The van der Waals surface area contributed by atoms with Crippen LogP contribution in [0.5, 0.6) is 5.75 Å². The third kappa shape index (κ3) is 5.47. The lowest BCUT2D eigenvalue weighted by Crippen LogP contribution is -2.42. The highest BCUT2D eigenvalue weighted by Crippen LogP contribution is 2.22.